The molecule has 2 aromatic heterocycles. The highest BCUT2D eigenvalue weighted by Gasteiger charge is 2.52. The van der Waals surface area contributed by atoms with Gasteiger partial charge < -0.3 is 0 Å². The summed E-state index contributed by atoms with van der Waals surface area (Å²) in [6.45, 7) is 7.27. The number of allylic oxidation sites excluding steroid dienone is 1. The van der Waals surface area contributed by atoms with Crippen molar-refractivity contribution in [2.45, 2.75) is 0 Å². The Labute approximate surface area is 223 Å². The van der Waals surface area contributed by atoms with Crippen molar-refractivity contribution < 1.29 is 0 Å². The van der Waals surface area contributed by atoms with Crippen molar-refractivity contribution in [3.63, 3.8) is 0 Å². The minimum absolute atomic E-state index is 0.104. The van der Waals surface area contributed by atoms with Crippen molar-refractivity contribution in [1.29, 1.82) is 5.26 Å². The van der Waals surface area contributed by atoms with E-state index in [9.17, 15) is 5.26 Å². The zero-order valence-corrected chi connectivity index (χ0v) is 22.2. The molecule has 0 N–H and O–H groups in total. The summed E-state index contributed by atoms with van der Waals surface area (Å²) in [6, 6.07) is 39.4. The van der Waals surface area contributed by atoms with E-state index in [0.717, 1.165) is 5.56 Å². The van der Waals surface area contributed by atoms with Crippen LogP contribution in [-0.2, 0) is 0 Å². The first kappa shape index (κ1) is 22.0. The molecule has 0 radical (unpaired) electrons. The summed E-state index contributed by atoms with van der Waals surface area (Å²) >= 11 is 3.76. The number of nitrogens with zero attached hydrogens (tertiary/aromatic N) is 2. The molecule has 1 aliphatic heterocycles. The van der Waals surface area contributed by atoms with Crippen LogP contribution in [0.1, 0.15) is 5.56 Å². The van der Waals surface area contributed by atoms with Gasteiger partial charge in [-0.3, -0.25) is 0 Å². The molecule has 1 aliphatic rings. The van der Waals surface area contributed by atoms with E-state index in [-0.39, 0.29) is 5.70 Å². The second-order valence-electron chi connectivity index (χ2n) is 9.10. The maximum atomic E-state index is 9.27. The normalized spacial score (nSPS) is 13.7. The van der Waals surface area contributed by atoms with Crippen LogP contribution in [0.3, 0.4) is 0 Å². The number of hydrogen-bond acceptors (Lipinski definition) is 3. The monoisotopic (exact) mass is 522 g/mol. The second-order valence-corrected chi connectivity index (χ2v) is 14.9. The van der Waals surface area contributed by atoms with Gasteiger partial charge in [-0.2, -0.15) is 0 Å². The number of benzene rings is 4. The van der Waals surface area contributed by atoms with E-state index in [2.05, 4.69) is 108 Å². The first-order valence-corrected chi connectivity index (χ1v) is 15.6. The van der Waals surface area contributed by atoms with Gasteiger partial charge >= 0.3 is 0 Å². The molecule has 2 nitrogen and oxygen atoms in total. The fourth-order valence-electron chi connectivity index (χ4n) is 5.81. The van der Waals surface area contributed by atoms with E-state index in [1.165, 1.54) is 50.7 Å². The summed E-state index contributed by atoms with van der Waals surface area (Å²) in [5.41, 5.74) is 0.996. The maximum Gasteiger partial charge on any atom is 0.262 e. The second kappa shape index (κ2) is 8.40. The predicted molar refractivity (Wildman–Crippen MR) is 160 cm³/mol. The Hall–Kier alpha value is -4.26. The summed E-state index contributed by atoms with van der Waals surface area (Å²) in [5.74, 6) is 0. The molecular weight excluding hydrogens is 505 g/mol. The van der Waals surface area contributed by atoms with Gasteiger partial charge in [-0.15, -0.1) is 22.7 Å². The van der Waals surface area contributed by atoms with Crippen molar-refractivity contribution in [3.8, 4) is 15.8 Å². The van der Waals surface area contributed by atoms with Crippen LogP contribution in [0, 0.1) is 17.9 Å². The number of rotatable bonds is 3. The maximum absolute atomic E-state index is 9.27. The summed E-state index contributed by atoms with van der Waals surface area (Å²) < 4.78 is 2.53. The van der Waals surface area contributed by atoms with Gasteiger partial charge in [0.2, 0.25) is 0 Å². The Bertz CT molecular complexity index is 1900. The standard InChI is InChI=1S/C32H18N2S2Si/c1-34-22(20-33)18-21-16-17-26-28(19-21)36-30-29-31(25-14-8-9-15-27(25)35-29)37(32(26)30,23-10-4-2-5-11-23)24-12-6-3-7-13-24/h2-19H/b22-18-. The third-order valence-electron chi connectivity index (χ3n) is 7.22. The predicted octanol–water partition coefficient (Wildman–Crippen LogP) is 6.26. The lowest BCUT2D eigenvalue weighted by molar-refractivity contribution is 1.50. The first-order valence-electron chi connectivity index (χ1n) is 12.0. The zero-order chi connectivity index (χ0) is 25.0. The van der Waals surface area contributed by atoms with Crippen molar-refractivity contribution in [3.05, 3.63) is 126 Å². The van der Waals surface area contributed by atoms with E-state index in [0.29, 0.717) is 0 Å². The lowest BCUT2D eigenvalue weighted by atomic mass is 10.1. The van der Waals surface area contributed by atoms with Crippen LogP contribution in [0.25, 0.3) is 40.8 Å². The molecule has 4 aromatic carbocycles. The van der Waals surface area contributed by atoms with Gasteiger partial charge in [-0.05, 0) is 55.3 Å². The Kier molecular flexibility index (Phi) is 4.99. The highest BCUT2D eigenvalue weighted by Crippen LogP contribution is 2.44. The number of fused-ring (bicyclic) bond motifs is 7. The fourth-order valence-corrected chi connectivity index (χ4v) is 15.1. The Morgan fingerprint density at radius 3 is 1.92 bits per heavy atom. The average molecular weight is 523 g/mol. The molecule has 0 bridgehead atoms. The number of thiophene rings is 2. The lowest BCUT2D eigenvalue weighted by Gasteiger charge is -2.31. The third kappa shape index (κ3) is 3.06. The fraction of sp³-hybridized carbons (Fsp3) is 0. The van der Waals surface area contributed by atoms with Crippen LogP contribution in [0.15, 0.2) is 109 Å². The first-order chi connectivity index (χ1) is 18.3. The van der Waals surface area contributed by atoms with E-state index in [1.807, 2.05) is 28.7 Å². The van der Waals surface area contributed by atoms with E-state index >= 15 is 0 Å². The average Bonchev–Trinajstić information content (AvgIpc) is 3.60. The lowest BCUT2D eigenvalue weighted by Crippen LogP contribution is -2.72. The van der Waals surface area contributed by atoms with Crippen LogP contribution in [-0.4, -0.2) is 8.07 Å². The Morgan fingerprint density at radius 1 is 0.730 bits per heavy atom. The van der Waals surface area contributed by atoms with E-state index in [1.54, 1.807) is 6.08 Å². The topological polar surface area (TPSA) is 28.1 Å². The smallest absolute Gasteiger partial charge is 0.227 e. The van der Waals surface area contributed by atoms with Crippen LogP contribution < -0.4 is 20.7 Å². The van der Waals surface area contributed by atoms with Gasteiger partial charge in [0.05, 0.1) is 12.6 Å². The van der Waals surface area contributed by atoms with Crippen molar-refractivity contribution in [2.24, 2.45) is 0 Å². The molecule has 0 saturated heterocycles. The van der Waals surface area contributed by atoms with Crippen LogP contribution in [0.4, 0.5) is 0 Å². The molecule has 0 saturated carbocycles. The summed E-state index contributed by atoms with van der Waals surface area (Å²) in [5, 5.41) is 17.7. The van der Waals surface area contributed by atoms with Gasteiger partial charge in [0, 0.05) is 19.2 Å². The van der Waals surface area contributed by atoms with Gasteiger partial charge in [0.15, 0.2) is 8.07 Å². The summed E-state index contributed by atoms with van der Waals surface area (Å²) in [4.78, 5) is 6.12. The third-order valence-corrected chi connectivity index (χ3v) is 15.0. The van der Waals surface area contributed by atoms with Crippen molar-refractivity contribution in [1.82, 2.24) is 0 Å². The highest BCUT2D eigenvalue weighted by molar-refractivity contribution is 7.39. The minimum Gasteiger partial charge on any atom is -0.227 e. The van der Waals surface area contributed by atoms with Crippen LogP contribution in [0.2, 0.25) is 0 Å². The molecule has 7 rings (SSSR count). The number of hydrogen-bond donors (Lipinski definition) is 0. The molecule has 3 heterocycles. The van der Waals surface area contributed by atoms with Crippen LogP contribution >= 0.6 is 22.7 Å². The molecule has 0 unspecified atom stereocenters. The van der Waals surface area contributed by atoms with E-state index in [4.69, 9.17) is 6.57 Å². The molecule has 0 atom stereocenters. The molecule has 5 heteroatoms. The zero-order valence-electron chi connectivity index (χ0n) is 19.6. The molecule has 172 valence electrons. The molecule has 0 spiro atoms. The van der Waals surface area contributed by atoms with Gasteiger partial charge in [-0.1, -0.05) is 91.0 Å². The molecule has 0 aliphatic carbocycles. The van der Waals surface area contributed by atoms with Gasteiger partial charge in [0.1, 0.15) is 0 Å². The summed E-state index contributed by atoms with van der Waals surface area (Å²) in [6.07, 6.45) is 1.68. The molecule has 0 amide bonds. The largest absolute Gasteiger partial charge is 0.262 e. The van der Waals surface area contributed by atoms with E-state index < -0.39 is 8.07 Å². The minimum atomic E-state index is -2.61. The summed E-state index contributed by atoms with van der Waals surface area (Å²) in [7, 11) is -2.61. The molecular formula is C32H18N2S2Si. The van der Waals surface area contributed by atoms with Gasteiger partial charge in [-0.25, -0.2) is 10.1 Å². The Balaban J connectivity index is 1.65. The van der Waals surface area contributed by atoms with Crippen molar-refractivity contribution in [2.75, 3.05) is 0 Å². The quantitative estimate of drug-likeness (QED) is 0.153. The van der Waals surface area contributed by atoms with Crippen LogP contribution in [0.5, 0.6) is 0 Å². The number of nitriles is 1. The van der Waals surface area contributed by atoms with Gasteiger partial charge in [0.25, 0.3) is 5.70 Å². The SMILES string of the molecule is [C-]#[N+]/C(C#N)=C\c1ccc2c3c(sc2c1)-c1sc2ccccc2c1[Si]3(c1ccccc1)c1ccccc1. The highest BCUT2D eigenvalue weighted by atomic mass is 32.1. The Morgan fingerprint density at radius 2 is 1.30 bits per heavy atom. The molecule has 37 heavy (non-hydrogen) atoms. The van der Waals surface area contributed by atoms with Crippen molar-refractivity contribution >= 4 is 77.7 Å². The molecule has 0 fully saturated rings. The molecule has 6 aromatic rings.